The van der Waals surface area contributed by atoms with Crippen LogP contribution in [0.5, 0.6) is 0 Å². The predicted octanol–water partition coefficient (Wildman–Crippen LogP) is 4.43. The Morgan fingerprint density at radius 1 is 1.27 bits per heavy atom. The van der Waals surface area contributed by atoms with E-state index in [0.717, 1.165) is 35.8 Å². The van der Waals surface area contributed by atoms with Crippen molar-refractivity contribution in [2.75, 3.05) is 11.9 Å². The Morgan fingerprint density at radius 3 is 3.04 bits per heavy atom. The van der Waals surface area contributed by atoms with Gasteiger partial charge in [-0.05, 0) is 42.7 Å². The van der Waals surface area contributed by atoms with Crippen LogP contribution in [-0.2, 0) is 12.8 Å². The first kappa shape index (κ1) is 15.8. The monoisotopic (exact) mass is 363 g/mol. The zero-order valence-corrected chi connectivity index (χ0v) is 15.6. The minimum atomic E-state index is 0.576. The molecule has 0 aliphatic heterocycles. The molecule has 3 aromatic heterocycles. The molecule has 0 amide bonds. The highest BCUT2D eigenvalue weighted by Gasteiger charge is 2.25. The number of hydrogen-bond donors (Lipinski definition) is 1. The molecule has 132 valence electrons. The molecule has 6 heteroatoms. The molecular formula is C20H21N5S. The second-order valence-corrected chi connectivity index (χ2v) is 8.09. The molecule has 1 aliphatic rings. The van der Waals surface area contributed by atoms with Gasteiger partial charge in [-0.25, -0.2) is 9.97 Å². The minimum absolute atomic E-state index is 0.576. The topological polar surface area (TPSA) is 55.1 Å². The number of hydrogen-bond acceptors (Lipinski definition) is 5. The van der Waals surface area contributed by atoms with Crippen molar-refractivity contribution in [1.82, 2.24) is 19.6 Å². The number of aryl methyl sites for hydroxylation is 1. The van der Waals surface area contributed by atoms with E-state index >= 15 is 0 Å². The number of fused-ring (bicyclic) bond motifs is 5. The van der Waals surface area contributed by atoms with Crippen molar-refractivity contribution in [3.05, 3.63) is 52.7 Å². The SMILES string of the molecule is CC1CCCc2sc3nc(NCCc4ccccc4)n4ncnc4c3c21. The lowest BCUT2D eigenvalue weighted by Gasteiger charge is -2.18. The van der Waals surface area contributed by atoms with Crippen molar-refractivity contribution in [3.63, 3.8) is 0 Å². The summed E-state index contributed by atoms with van der Waals surface area (Å²) in [4.78, 5) is 12.1. The highest BCUT2D eigenvalue weighted by molar-refractivity contribution is 7.19. The van der Waals surface area contributed by atoms with Crippen LogP contribution in [0.2, 0.25) is 0 Å². The minimum Gasteiger partial charge on any atom is -0.354 e. The average molecular weight is 363 g/mol. The van der Waals surface area contributed by atoms with Crippen molar-refractivity contribution in [1.29, 1.82) is 0 Å². The highest BCUT2D eigenvalue weighted by Crippen LogP contribution is 2.43. The third-order valence-electron chi connectivity index (χ3n) is 5.26. The molecule has 1 unspecified atom stereocenters. The van der Waals surface area contributed by atoms with Crippen molar-refractivity contribution < 1.29 is 0 Å². The fraction of sp³-hybridized carbons (Fsp3) is 0.350. The third-order valence-corrected chi connectivity index (χ3v) is 6.42. The number of aromatic nitrogens is 4. The summed E-state index contributed by atoms with van der Waals surface area (Å²) in [6.45, 7) is 3.14. The molecule has 1 aromatic carbocycles. The van der Waals surface area contributed by atoms with E-state index in [9.17, 15) is 0 Å². The van der Waals surface area contributed by atoms with Crippen LogP contribution in [0.1, 0.15) is 41.7 Å². The van der Waals surface area contributed by atoms with E-state index in [1.807, 2.05) is 21.9 Å². The summed E-state index contributed by atoms with van der Waals surface area (Å²) in [6, 6.07) is 10.5. The fourth-order valence-electron chi connectivity index (χ4n) is 3.98. The standard InChI is InChI=1S/C20H21N5S/c1-13-6-5-9-15-16(13)17-18-22-12-23-25(18)20(24-19(17)26-15)21-11-10-14-7-3-2-4-8-14/h2-4,7-8,12-13H,5-6,9-11H2,1H3,(H,21,24). The van der Waals surface area contributed by atoms with Gasteiger partial charge in [0.15, 0.2) is 5.65 Å². The molecule has 0 spiro atoms. The summed E-state index contributed by atoms with van der Waals surface area (Å²) in [5, 5.41) is 9.11. The van der Waals surface area contributed by atoms with Crippen LogP contribution in [0.15, 0.2) is 36.7 Å². The van der Waals surface area contributed by atoms with Crippen LogP contribution < -0.4 is 5.32 Å². The maximum absolute atomic E-state index is 4.91. The molecule has 1 N–H and O–H groups in total. The number of anilines is 1. The summed E-state index contributed by atoms with van der Waals surface area (Å²) in [5.74, 6) is 1.36. The van der Waals surface area contributed by atoms with E-state index in [2.05, 4.69) is 46.6 Å². The Labute approximate surface area is 156 Å². The van der Waals surface area contributed by atoms with Gasteiger partial charge in [0.2, 0.25) is 5.95 Å². The van der Waals surface area contributed by atoms with Gasteiger partial charge in [0, 0.05) is 11.4 Å². The van der Waals surface area contributed by atoms with Gasteiger partial charge >= 0.3 is 0 Å². The average Bonchev–Trinajstić information content (AvgIpc) is 3.27. The van der Waals surface area contributed by atoms with Gasteiger partial charge in [-0.15, -0.1) is 11.3 Å². The Morgan fingerprint density at radius 2 is 2.15 bits per heavy atom. The van der Waals surface area contributed by atoms with Crippen molar-refractivity contribution in [3.8, 4) is 0 Å². The quantitative estimate of drug-likeness (QED) is 0.583. The third kappa shape index (κ3) is 2.56. The molecule has 1 aliphatic carbocycles. The number of thiophene rings is 1. The van der Waals surface area contributed by atoms with Crippen LogP contribution in [0.4, 0.5) is 5.95 Å². The van der Waals surface area contributed by atoms with Crippen LogP contribution in [0.3, 0.4) is 0 Å². The Balaban J connectivity index is 1.53. The van der Waals surface area contributed by atoms with Crippen LogP contribution in [-0.4, -0.2) is 26.1 Å². The van der Waals surface area contributed by atoms with E-state index in [0.29, 0.717) is 5.92 Å². The van der Waals surface area contributed by atoms with E-state index in [1.54, 1.807) is 6.33 Å². The van der Waals surface area contributed by atoms with Crippen LogP contribution in [0, 0.1) is 0 Å². The molecule has 0 saturated carbocycles. The summed E-state index contributed by atoms with van der Waals surface area (Å²) in [5.41, 5.74) is 3.71. The zero-order valence-electron chi connectivity index (χ0n) is 14.8. The first-order valence-corrected chi connectivity index (χ1v) is 10.1. The van der Waals surface area contributed by atoms with Crippen molar-refractivity contribution in [2.24, 2.45) is 0 Å². The van der Waals surface area contributed by atoms with Gasteiger partial charge < -0.3 is 5.32 Å². The molecule has 0 bridgehead atoms. The van der Waals surface area contributed by atoms with Gasteiger partial charge in [-0.3, -0.25) is 0 Å². The molecule has 3 heterocycles. The normalized spacial score (nSPS) is 16.9. The lowest BCUT2D eigenvalue weighted by molar-refractivity contribution is 0.602. The van der Waals surface area contributed by atoms with Crippen LogP contribution >= 0.6 is 11.3 Å². The molecule has 0 radical (unpaired) electrons. The van der Waals surface area contributed by atoms with E-state index in [-0.39, 0.29) is 0 Å². The summed E-state index contributed by atoms with van der Waals surface area (Å²) in [6.07, 6.45) is 6.27. The molecule has 26 heavy (non-hydrogen) atoms. The van der Waals surface area contributed by atoms with Crippen molar-refractivity contribution >= 4 is 33.1 Å². The van der Waals surface area contributed by atoms with E-state index in [4.69, 9.17) is 4.98 Å². The van der Waals surface area contributed by atoms with E-state index < -0.39 is 0 Å². The maximum atomic E-state index is 4.91. The van der Waals surface area contributed by atoms with Gasteiger partial charge in [-0.1, -0.05) is 37.3 Å². The number of benzene rings is 1. The first-order chi connectivity index (χ1) is 12.8. The van der Waals surface area contributed by atoms with Crippen molar-refractivity contribution in [2.45, 2.75) is 38.5 Å². The lowest BCUT2D eigenvalue weighted by atomic mass is 9.87. The summed E-state index contributed by atoms with van der Waals surface area (Å²) < 4.78 is 1.86. The van der Waals surface area contributed by atoms with Crippen LogP contribution in [0.25, 0.3) is 15.9 Å². The molecule has 1 atom stereocenters. The zero-order chi connectivity index (χ0) is 17.5. The molecule has 0 fully saturated rings. The van der Waals surface area contributed by atoms with Gasteiger partial charge in [-0.2, -0.15) is 9.61 Å². The highest BCUT2D eigenvalue weighted by atomic mass is 32.1. The second-order valence-electron chi connectivity index (χ2n) is 7.01. The fourth-order valence-corrected chi connectivity index (χ4v) is 5.31. The molecule has 4 aromatic rings. The maximum Gasteiger partial charge on any atom is 0.227 e. The number of nitrogens with zero attached hydrogens (tertiary/aromatic N) is 4. The van der Waals surface area contributed by atoms with Gasteiger partial charge in [0.25, 0.3) is 0 Å². The number of rotatable bonds is 4. The summed E-state index contributed by atoms with van der Waals surface area (Å²) >= 11 is 1.83. The van der Waals surface area contributed by atoms with Gasteiger partial charge in [0.1, 0.15) is 11.2 Å². The largest absolute Gasteiger partial charge is 0.354 e. The lowest BCUT2D eigenvalue weighted by Crippen LogP contribution is -2.11. The smallest absolute Gasteiger partial charge is 0.227 e. The molecule has 0 saturated heterocycles. The Kier molecular flexibility index (Phi) is 3.85. The molecule has 5 rings (SSSR count). The first-order valence-electron chi connectivity index (χ1n) is 9.24. The van der Waals surface area contributed by atoms with Gasteiger partial charge in [0.05, 0.1) is 5.39 Å². The number of nitrogens with one attached hydrogen (secondary N) is 1. The molecular weight excluding hydrogens is 342 g/mol. The summed E-state index contributed by atoms with van der Waals surface area (Å²) in [7, 11) is 0. The Bertz CT molecular complexity index is 1070. The predicted molar refractivity (Wildman–Crippen MR) is 106 cm³/mol. The molecule has 5 nitrogen and oxygen atoms in total. The van der Waals surface area contributed by atoms with E-state index in [1.165, 1.54) is 34.2 Å². The second kappa shape index (κ2) is 6.36. The Hall–Kier alpha value is -2.47.